The molecule has 6 rings (SSSR count). The topological polar surface area (TPSA) is 72.9 Å². The maximum Gasteiger partial charge on any atom is 0.236 e. The molecule has 1 saturated carbocycles. The lowest BCUT2D eigenvalue weighted by molar-refractivity contribution is -0.118. The lowest BCUT2D eigenvalue weighted by atomic mass is 9.94. The highest BCUT2D eigenvalue weighted by Gasteiger charge is 2.52. The fourth-order valence-corrected chi connectivity index (χ4v) is 8.20. The number of ether oxygens (including phenoxy) is 2. The van der Waals surface area contributed by atoms with Crippen LogP contribution in [0.2, 0.25) is 23.2 Å². The summed E-state index contributed by atoms with van der Waals surface area (Å²) in [6, 6.07) is 10.0. The summed E-state index contributed by atoms with van der Waals surface area (Å²) in [5.41, 5.74) is 1.13. The first-order valence-electron chi connectivity index (χ1n) is 14.4. The quantitative estimate of drug-likeness (QED) is 0.260. The number of nitrogens with zero attached hydrogens (tertiary/aromatic N) is 2. The number of carbonyl (C=O) groups excluding carboxylic acids is 1. The Morgan fingerprint density at radius 3 is 2.69 bits per heavy atom. The van der Waals surface area contributed by atoms with Gasteiger partial charge in [-0.1, -0.05) is 55.8 Å². The summed E-state index contributed by atoms with van der Waals surface area (Å²) in [6.07, 6.45) is 4.33. The van der Waals surface area contributed by atoms with E-state index in [4.69, 9.17) is 25.5 Å². The van der Waals surface area contributed by atoms with Crippen LogP contribution in [0.1, 0.15) is 62.1 Å². The molecule has 224 valence electrons. The Kier molecular flexibility index (Phi) is 7.67. The van der Waals surface area contributed by atoms with Crippen LogP contribution in [0.3, 0.4) is 0 Å². The van der Waals surface area contributed by atoms with E-state index in [0.29, 0.717) is 21.7 Å². The van der Waals surface area contributed by atoms with E-state index in [-0.39, 0.29) is 35.7 Å². The van der Waals surface area contributed by atoms with Gasteiger partial charge in [0.2, 0.25) is 12.7 Å². The van der Waals surface area contributed by atoms with Crippen molar-refractivity contribution in [1.29, 1.82) is 0 Å². The second-order valence-corrected chi connectivity index (χ2v) is 19.2. The third kappa shape index (κ3) is 5.59. The van der Waals surface area contributed by atoms with Crippen LogP contribution in [0.25, 0.3) is 0 Å². The first-order valence-corrected chi connectivity index (χ1v) is 18.5. The molecule has 1 saturated heterocycles. The van der Waals surface area contributed by atoms with Gasteiger partial charge >= 0.3 is 0 Å². The summed E-state index contributed by atoms with van der Waals surface area (Å²) in [4.78, 5) is 21.4. The maximum absolute atomic E-state index is 14.0. The van der Waals surface area contributed by atoms with Gasteiger partial charge in [-0.05, 0) is 72.8 Å². The molecule has 1 amide bonds. The van der Waals surface area contributed by atoms with Crippen LogP contribution >= 0.6 is 22.9 Å². The van der Waals surface area contributed by atoms with E-state index in [1.54, 1.807) is 12.3 Å². The van der Waals surface area contributed by atoms with Crippen LogP contribution in [0.4, 0.5) is 9.52 Å². The van der Waals surface area contributed by atoms with E-state index >= 15 is 0 Å². The van der Waals surface area contributed by atoms with Crippen molar-refractivity contribution in [2.45, 2.75) is 75.7 Å². The van der Waals surface area contributed by atoms with Crippen molar-refractivity contribution in [3.63, 3.8) is 0 Å². The fraction of sp³-hybridized carbons (Fsp3) is 0.484. The second kappa shape index (κ2) is 10.9. The normalized spacial score (nSPS) is 20.5. The van der Waals surface area contributed by atoms with Gasteiger partial charge in [-0.2, -0.15) is 0 Å². The number of aromatic nitrogens is 1. The molecule has 7 nitrogen and oxygen atoms in total. The third-order valence-corrected chi connectivity index (χ3v) is 15.0. The summed E-state index contributed by atoms with van der Waals surface area (Å²) in [7, 11) is -1.95. The zero-order chi connectivity index (χ0) is 29.9. The van der Waals surface area contributed by atoms with Crippen molar-refractivity contribution in [1.82, 2.24) is 9.88 Å². The molecule has 2 aromatic carbocycles. The van der Waals surface area contributed by atoms with Crippen molar-refractivity contribution in [2.75, 3.05) is 25.2 Å². The number of likely N-dealkylation sites (tertiary alicyclic amines) is 1. The number of nitrogens with one attached hydrogen (secondary N) is 1. The monoisotopic (exact) mass is 629 g/mol. The molecule has 11 heteroatoms. The number of amides is 1. The van der Waals surface area contributed by atoms with E-state index < -0.39 is 13.7 Å². The van der Waals surface area contributed by atoms with Gasteiger partial charge in [-0.25, -0.2) is 9.37 Å². The fourth-order valence-electron chi connectivity index (χ4n) is 5.58. The second-order valence-electron chi connectivity index (χ2n) is 13.0. The Morgan fingerprint density at radius 1 is 1.21 bits per heavy atom. The van der Waals surface area contributed by atoms with Gasteiger partial charge < -0.3 is 19.2 Å². The number of thiazole rings is 1. The molecular weight excluding hydrogens is 593 g/mol. The maximum atomic E-state index is 14.0. The Labute approximate surface area is 256 Å². The van der Waals surface area contributed by atoms with Crippen LogP contribution in [0, 0.1) is 5.82 Å². The molecule has 3 aromatic rings. The lowest BCUT2D eigenvalue weighted by Crippen LogP contribution is -2.44. The smallest absolute Gasteiger partial charge is 0.236 e. The Morgan fingerprint density at radius 2 is 1.98 bits per heavy atom. The van der Waals surface area contributed by atoms with Crippen LogP contribution in [-0.2, 0) is 14.6 Å². The zero-order valence-electron chi connectivity index (χ0n) is 24.6. The summed E-state index contributed by atoms with van der Waals surface area (Å²) < 4.78 is 31.8. The molecule has 1 N–H and O–H groups in total. The van der Waals surface area contributed by atoms with Crippen LogP contribution in [0.15, 0.2) is 42.6 Å². The number of rotatable bonds is 8. The van der Waals surface area contributed by atoms with Gasteiger partial charge in [0, 0.05) is 29.2 Å². The van der Waals surface area contributed by atoms with E-state index in [0.717, 1.165) is 48.4 Å². The molecular formula is C31H37ClFN3O4SSi. The zero-order valence-corrected chi connectivity index (χ0v) is 27.2. The molecule has 2 fully saturated rings. The van der Waals surface area contributed by atoms with Crippen LogP contribution in [0.5, 0.6) is 11.5 Å². The van der Waals surface area contributed by atoms with Crippen molar-refractivity contribution in [3.05, 3.63) is 69.4 Å². The molecule has 0 unspecified atom stereocenters. The van der Waals surface area contributed by atoms with Gasteiger partial charge in [-0.15, -0.1) is 0 Å². The summed E-state index contributed by atoms with van der Waals surface area (Å²) in [5.74, 6) is 0.911. The highest BCUT2D eigenvalue weighted by atomic mass is 35.5. The molecule has 1 aliphatic carbocycles. The first kappa shape index (κ1) is 29.6. The van der Waals surface area contributed by atoms with Crippen molar-refractivity contribution >= 4 is 42.3 Å². The lowest BCUT2D eigenvalue weighted by Gasteiger charge is -2.38. The molecule has 1 aromatic heterocycles. The van der Waals surface area contributed by atoms with Crippen molar-refractivity contribution in [3.8, 4) is 11.5 Å². The van der Waals surface area contributed by atoms with E-state index in [9.17, 15) is 9.18 Å². The molecule has 2 aliphatic heterocycles. The average Bonchev–Trinajstić information content (AvgIpc) is 3.22. The minimum atomic E-state index is -1.95. The van der Waals surface area contributed by atoms with E-state index in [1.165, 1.54) is 23.5 Å². The summed E-state index contributed by atoms with van der Waals surface area (Å²) in [6.45, 7) is 13.0. The molecule has 3 heterocycles. The highest BCUT2D eigenvalue weighted by Crippen LogP contribution is 2.51. The van der Waals surface area contributed by atoms with Crippen LogP contribution < -0.4 is 14.8 Å². The van der Waals surface area contributed by atoms with Gasteiger partial charge in [0.15, 0.2) is 24.9 Å². The van der Waals surface area contributed by atoms with Crippen molar-refractivity contribution < 1.29 is 23.1 Å². The van der Waals surface area contributed by atoms with Gasteiger partial charge in [0.1, 0.15) is 5.82 Å². The Bertz CT molecular complexity index is 1510. The number of hydrogen-bond donors (Lipinski definition) is 1. The molecule has 2 atom stereocenters. The number of anilines is 1. The largest absolute Gasteiger partial charge is 0.454 e. The number of hydrogen-bond acceptors (Lipinski definition) is 7. The van der Waals surface area contributed by atoms with E-state index in [1.807, 2.05) is 18.2 Å². The highest BCUT2D eigenvalue weighted by molar-refractivity contribution is 7.15. The van der Waals surface area contributed by atoms with Crippen molar-refractivity contribution in [2.24, 2.45) is 0 Å². The molecule has 0 bridgehead atoms. The minimum Gasteiger partial charge on any atom is -0.454 e. The summed E-state index contributed by atoms with van der Waals surface area (Å²) >= 11 is 8.05. The van der Waals surface area contributed by atoms with Crippen LogP contribution in [-0.4, -0.2) is 50.1 Å². The predicted molar refractivity (Wildman–Crippen MR) is 166 cm³/mol. The average molecular weight is 630 g/mol. The van der Waals surface area contributed by atoms with Gasteiger partial charge in [-0.3, -0.25) is 9.69 Å². The number of benzene rings is 2. The SMILES string of the molecule is CC(C)(C)[Si](C)(C)O[C@@H]1CCN([C@@H](c2cnc(NC(=O)C3(c4ccc5c(c4)OCO5)CC3)s2)c2ccc(F)cc2Cl)C1. The summed E-state index contributed by atoms with van der Waals surface area (Å²) in [5, 5.41) is 4.08. The number of fused-ring (bicyclic) bond motifs is 1. The molecule has 0 radical (unpaired) electrons. The molecule has 0 spiro atoms. The molecule has 42 heavy (non-hydrogen) atoms. The number of carbonyl (C=O) groups is 1. The predicted octanol–water partition coefficient (Wildman–Crippen LogP) is 7.52. The Balaban J connectivity index is 1.23. The minimum absolute atomic E-state index is 0.0809. The van der Waals surface area contributed by atoms with Gasteiger partial charge in [0.05, 0.1) is 17.6 Å². The third-order valence-electron chi connectivity index (χ3n) is 9.19. The molecule has 3 aliphatic rings. The number of halogens is 2. The first-order chi connectivity index (χ1) is 19.9. The van der Waals surface area contributed by atoms with Gasteiger partial charge in [0.25, 0.3) is 0 Å². The standard InChI is InChI=1S/C31H37ClFN3O4SSi/c1-30(2,3)42(4,5)40-21-10-13-36(17-21)27(22-8-7-20(33)15-23(22)32)26-16-34-29(41-26)35-28(37)31(11-12-31)19-6-9-24-25(14-19)39-18-38-24/h6-9,14-16,21,27H,10-13,17-18H2,1-5H3,(H,34,35,37)/t21-,27-/m1/s1. The Hall–Kier alpha value is -2.50. The van der Waals surface area contributed by atoms with E-state index in [2.05, 4.69) is 49.1 Å².